The summed E-state index contributed by atoms with van der Waals surface area (Å²) in [6.45, 7) is 0. The molecule has 0 spiro atoms. The topological polar surface area (TPSA) is 61.5 Å². The number of nitrogens with zero attached hydrogens (tertiary/aromatic N) is 1. The van der Waals surface area contributed by atoms with Gasteiger partial charge in [-0.15, -0.1) is 0 Å². The Morgan fingerprint density at radius 2 is 1.88 bits per heavy atom. The largest absolute Gasteiger partial charge is 0.325 e. The second kappa shape index (κ2) is 5.42. The van der Waals surface area contributed by atoms with E-state index in [-0.39, 0.29) is 16.3 Å². The number of rotatable bonds is 2. The molecule has 120 valence electrons. The van der Waals surface area contributed by atoms with Gasteiger partial charge in [-0.05, 0) is 29.8 Å². The predicted octanol–water partition coefficient (Wildman–Crippen LogP) is 4.66. The molecule has 0 bridgehead atoms. The number of fused-ring (bicyclic) bond motifs is 2. The van der Waals surface area contributed by atoms with Crippen molar-refractivity contribution in [3.05, 3.63) is 63.5 Å². The van der Waals surface area contributed by atoms with Crippen molar-refractivity contribution in [2.45, 2.75) is 6.43 Å². The maximum absolute atomic E-state index is 12.7. The average Bonchev–Trinajstić information content (AvgIpc) is 2.90. The average molecular weight is 346 g/mol. The molecule has 7 heteroatoms. The third-order valence-electron chi connectivity index (χ3n) is 3.85. The quantitative estimate of drug-likeness (QED) is 0.555. The molecule has 0 amide bonds. The molecule has 4 aromatic rings. The lowest BCUT2D eigenvalue weighted by Crippen LogP contribution is -1.99. The molecule has 2 heterocycles. The van der Waals surface area contributed by atoms with Crippen molar-refractivity contribution in [3.63, 3.8) is 0 Å². The van der Waals surface area contributed by atoms with Crippen molar-refractivity contribution in [2.75, 3.05) is 0 Å². The fraction of sp³-hybridized carbons (Fsp3) is 0.0588. The molecular formula is C17H10ClF2N3O. The SMILES string of the molecule is O=c1[nH]c2cc3cc(-c4ccc(C(F)F)cc4Cl)ccc3nc2[nH]1. The van der Waals surface area contributed by atoms with Crippen LogP contribution in [0.3, 0.4) is 0 Å². The highest BCUT2D eigenvalue weighted by Crippen LogP contribution is 2.33. The van der Waals surface area contributed by atoms with Gasteiger partial charge in [0.05, 0.1) is 11.0 Å². The van der Waals surface area contributed by atoms with Crippen molar-refractivity contribution in [3.8, 4) is 11.1 Å². The fourth-order valence-corrected chi connectivity index (χ4v) is 2.99. The number of pyridine rings is 1. The summed E-state index contributed by atoms with van der Waals surface area (Å²) in [5.41, 5.74) is 2.81. The van der Waals surface area contributed by atoms with Crippen molar-refractivity contribution in [2.24, 2.45) is 0 Å². The van der Waals surface area contributed by atoms with Crippen LogP contribution in [0.1, 0.15) is 12.0 Å². The molecule has 0 fully saturated rings. The Labute approximate surface area is 139 Å². The lowest BCUT2D eigenvalue weighted by Gasteiger charge is -2.08. The highest BCUT2D eigenvalue weighted by molar-refractivity contribution is 6.33. The highest BCUT2D eigenvalue weighted by Gasteiger charge is 2.12. The molecule has 0 aliphatic rings. The number of H-pyrrole nitrogens is 2. The maximum Gasteiger partial charge on any atom is 0.325 e. The summed E-state index contributed by atoms with van der Waals surface area (Å²) in [6, 6.07) is 11.5. The van der Waals surface area contributed by atoms with Crippen LogP contribution in [-0.2, 0) is 0 Å². The number of benzene rings is 2. The molecule has 0 aliphatic carbocycles. The zero-order valence-corrected chi connectivity index (χ0v) is 12.9. The molecule has 2 aromatic heterocycles. The van der Waals surface area contributed by atoms with Crippen LogP contribution in [0.2, 0.25) is 5.02 Å². The second-order valence-electron chi connectivity index (χ2n) is 5.41. The fourth-order valence-electron chi connectivity index (χ4n) is 2.70. The first-order valence-electron chi connectivity index (χ1n) is 7.12. The summed E-state index contributed by atoms with van der Waals surface area (Å²) in [4.78, 5) is 21.0. The molecule has 4 rings (SSSR count). The smallest absolute Gasteiger partial charge is 0.304 e. The van der Waals surface area contributed by atoms with E-state index >= 15 is 0 Å². The summed E-state index contributed by atoms with van der Waals surface area (Å²) in [6.07, 6.45) is -2.56. The first-order valence-corrected chi connectivity index (χ1v) is 7.50. The summed E-state index contributed by atoms with van der Waals surface area (Å²) < 4.78 is 25.5. The Balaban J connectivity index is 1.87. The summed E-state index contributed by atoms with van der Waals surface area (Å²) in [7, 11) is 0. The van der Waals surface area contributed by atoms with Gasteiger partial charge in [-0.25, -0.2) is 18.6 Å². The van der Waals surface area contributed by atoms with Gasteiger partial charge in [0.25, 0.3) is 6.43 Å². The Bertz CT molecular complexity index is 1130. The third-order valence-corrected chi connectivity index (χ3v) is 4.16. The molecule has 0 saturated heterocycles. The van der Waals surface area contributed by atoms with E-state index in [2.05, 4.69) is 15.0 Å². The standard InChI is InChI=1S/C17H10ClF2N3O/c18-12-6-9(15(19)20)1-3-11(12)8-2-4-13-10(5-8)7-14-16(21-13)23-17(24)22-14/h1-7,15H,(H2,21,22,23,24). The van der Waals surface area contributed by atoms with Crippen LogP contribution in [0.15, 0.2) is 47.3 Å². The second-order valence-corrected chi connectivity index (χ2v) is 5.82. The van der Waals surface area contributed by atoms with Gasteiger partial charge in [-0.1, -0.05) is 29.8 Å². The lowest BCUT2D eigenvalue weighted by atomic mass is 10.0. The number of imidazole rings is 1. The minimum absolute atomic E-state index is 0.113. The molecule has 4 nitrogen and oxygen atoms in total. The molecular weight excluding hydrogens is 336 g/mol. The number of alkyl halides is 2. The summed E-state index contributed by atoms with van der Waals surface area (Å²) in [5.74, 6) is 0. The lowest BCUT2D eigenvalue weighted by molar-refractivity contribution is 0.151. The zero-order valence-electron chi connectivity index (χ0n) is 12.1. The Morgan fingerprint density at radius 3 is 2.62 bits per heavy atom. The van der Waals surface area contributed by atoms with Gasteiger partial charge in [-0.3, -0.25) is 4.98 Å². The van der Waals surface area contributed by atoms with Crippen LogP contribution in [-0.4, -0.2) is 15.0 Å². The van der Waals surface area contributed by atoms with E-state index in [1.165, 1.54) is 12.1 Å². The maximum atomic E-state index is 12.7. The van der Waals surface area contributed by atoms with Crippen molar-refractivity contribution in [1.29, 1.82) is 0 Å². The van der Waals surface area contributed by atoms with Gasteiger partial charge in [0, 0.05) is 21.5 Å². The van der Waals surface area contributed by atoms with Crippen molar-refractivity contribution >= 4 is 33.7 Å². The molecule has 0 unspecified atom stereocenters. The van der Waals surface area contributed by atoms with E-state index in [9.17, 15) is 13.6 Å². The Morgan fingerprint density at radius 1 is 1.04 bits per heavy atom. The van der Waals surface area contributed by atoms with Gasteiger partial charge in [0.15, 0.2) is 5.65 Å². The third kappa shape index (κ3) is 2.45. The predicted molar refractivity (Wildman–Crippen MR) is 89.6 cm³/mol. The molecule has 2 aromatic carbocycles. The van der Waals surface area contributed by atoms with Crippen LogP contribution < -0.4 is 5.69 Å². The van der Waals surface area contributed by atoms with Gasteiger partial charge >= 0.3 is 5.69 Å². The summed E-state index contributed by atoms with van der Waals surface area (Å²) >= 11 is 6.16. The van der Waals surface area contributed by atoms with Crippen LogP contribution in [0.25, 0.3) is 33.2 Å². The normalized spacial score (nSPS) is 11.7. The monoisotopic (exact) mass is 345 g/mol. The Hall–Kier alpha value is -2.73. The minimum atomic E-state index is -2.56. The Kier molecular flexibility index (Phi) is 3.35. The number of hydrogen-bond acceptors (Lipinski definition) is 2. The molecule has 0 aliphatic heterocycles. The molecule has 0 atom stereocenters. The van der Waals surface area contributed by atoms with Gasteiger partial charge in [0.2, 0.25) is 0 Å². The summed E-state index contributed by atoms with van der Waals surface area (Å²) in [5, 5.41) is 1.07. The number of aromatic nitrogens is 3. The van der Waals surface area contributed by atoms with Gasteiger partial charge in [0.1, 0.15) is 0 Å². The van der Waals surface area contributed by atoms with E-state index < -0.39 is 6.43 Å². The minimum Gasteiger partial charge on any atom is -0.304 e. The van der Waals surface area contributed by atoms with Gasteiger partial charge < -0.3 is 4.98 Å². The van der Waals surface area contributed by atoms with E-state index in [1.54, 1.807) is 18.2 Å². The first-order chi connectivity index (χ1) is 11.5. The number of halogens is 3. The molecule has 2 N–H and O–H groups in total. The van der Waals surface area contributed by atoms with Crippen LogP contribution in [0, 0.1) is 0 Å². The van der Waals surface area contributed by atoms with Crippen molar-refractivity contribution < 1.29 is 8.78 Å². The van der Waals surface area contributed by atoms with Gasteiger partial charge in [-0.2, -0.15) is 0 Å². The number of hydrogen-bond donors (Lipinski definition) is 2. The van der Waals surface area contributed by atoms with E-state index in [0.717, 1.165) is 10.9 Å². The van der Waals surface area contributed by atoms with Crippen LogP contribution in [0.5, 0.6) is 0 Å². The van der Waals surface area contributed by atoms with Crippen LogP contribution >= 0.6 is 11.6 Å². The van der Waals surface area contributed by atoms with E-state index in [0.29, 0.717) is 22.2 Å². The highest BCUT2D eigenvalue weighted by atomic mass is 35.5. The van der Waals surface area contributed by atoms with Crippen molar-refractivity contribution in [1.82, 2.24) is 15.0 Å². The zero-order chi connectivity index (χ0) is 16.8. The number of nitrogens with one attached hydrogen (secondary N) is 2. The molecule has 0 radical (unpaired) electrons. The first kappa shape index (κ1) is 14.8. The number of aromatic amines is 2. The van der Waals surface area contributed by atoms with E-state index in [4.69, 9.17) is 11.6 Å². The van der Waals surface area contributed by atoms with Crippen LogP contribution in [0.4, 0.5) is 8.78 Å². The molecule has 24 heavy (non-hydrogen) atoms. The molecule has 0 saturated carbocycles. The van der Waals surface area contributed by atoms with E-state index in [1.807, 2.05) is 12.1 Å².